The van der Waals surface area contributed by atoms with E-state index in [-0.39, 0.29) is 10.8 Å². The van der Waals surface area contributed by atoms with Crippen molar-refractivity contribution in [2.75, 3.05) is 0 Å². The van der Waals surface area contributed by atoms with Gasteiger partial charge >= 0.3 is 0 Å². The van der Waals surface area contributed by atoms with E-state index in [0.29, 0.717) is 0 Å². The van der Waals surface area contributed by atoms with Gasteiger partial charge in [-0.2, -0.15) is 0 Å². The molecule has 3 rings (SSSR count). The zero-order chi connectivity index (χ0) is 16.7. The van der Waals surface area contributed by atoms with Crippen molar-refractivity contribution in [2.45, 2.75) is 58.3 Å². The Bertz CT molecular complexity index is 780. The van der Waals surface area contributed by atoms with Gasteiger partial charge in [0, 0.05) is 11.1 Å². The van der Waals surface area contributed by atoms with Crippen LogP contribution >= 0.6 is 0 Å². The number of fused-ring (bicyclic) bond motifs is 1. The Balaban J connectivity index is 2.10. The van der Waals surface area contributed by atoms with E-state index in [0.717, 1.165) is 5.56 Å². The highest BCUT2D eigenvalue weighted by Gasteiger charge is 2.37. The number of rotatable bonds is 0. The molecule has 118 valence electrons. The summed E-state index contributed by atoms with van der Waals surface area (Å²) >= 11 is 0. The second-order valence-corrected chi connectivity index (χ2v) is 8.10. The molecule has 0 saturated carbocycles. The third kappa shape index (κ3) is 3.06. The summed E-state index contributed by atoms with van der Waals surface area (Å²) in [6.07, 6.45) is 2.49. The van der Waals surface area contributed by atoms with Crippen LogP contribution in [0, 0.1) is 18.8 Å². The van der Waals surface area contributed by atoms with Crippen LogP contribution in [0.5, 0.6) is 0 Å². The summed E-state index contributed by atoms with van der Waals surface area (Å²) in [6, 6.07) is 15.0. The smallest absolute Gasteiger partial charge is 0.0281 e. The third-order valence-corrected chi connectivity index (χ3v) is 5.31. The molecule has 1 aliphatic carbocycles. The van der Waals surface area contributed by atoms with Gasteiger partial charge in [0.2, 0.25) is 0 Å². The lowest BCUT2D eigenvalue weighted by Crippen LogP contribution is -2.34. The molecule has 0 heteroatoms. The molecule has 0 saturated heterocycles. The van der Waals surface area contributed by atoms with Crippen molar-refractivity contribution in [2.24, 2.45) is 0 Å². The second-order valence-electron chi connectivity index (χ2n) is 8.10. The maximum absolute atomic E-state index is 3.39. The molecule has 2 aromatic rings. The molecule has 0 nitrogen and oxygen atoms in total. The molecule has 23 heavy (non-hydrogen) atoms. The Kier molecular flexibility index (Phi) is 3.85. The molecule has 0 atom stereocenters. The minimum Gasteiger partial charge on any atom is -0.0622 e. The largest absolute Gasteiger partial charge is 0.0622 e. The van der Waals surface area contributed by atoms with Crippen LogP contribution in [-0.2, 0) is 10.8 Å². The maximum atomic E-state index is 3.39. The maximum Gasteiger partial charge on any atom is 0.0281 e. The zero-order valence-corrected chi connectivity index (χ0v) is 15.0. The van der Waals surface area contributed by atoms with E-state index in [1.165, 1.54) is 35.1 Å². The zero-order valence-electron chi connectivity index (χ0n) is 15.0. The van der Waals surface area contributed by atoms with Crippen LogP contribution in [0.1, 0.15) is 68.4 Å². The fourth-order valence-electron chi connectivity index (χ4n) is 3.52. The highest BCUT2D eigenvalue weighted by Crippen LogP contribution is 2.46. The van der Waals surface area contributed by atoms with Gasteiger partial charge in [0.1, 0.15) is 0 Å². The molecule has 0 aliphatic heterocycles. The van der Waals surface area contributed by atoms with Gasteiger partial charge in [0.05, 0.1) is 0 Å². The van der Waals surface area contributed by atoms with Crippen molar-refractivity contribution in [1.82, 2.24) is 0 Å². The summed E-state index contributed by atoms with van der Waals surface area (Å²) < 4.78 is 0. The summed E-state index contributed by atoms with van der Waals surface area (Å²) in [5.41, 5.74) is 7.02. The molecule has 1 aliphatic rings. The lowest BCUT2D eigenvalue weighted by molar-refractivity contribution is 0.331. The third-order valence-electron chi connectivity index (χ3n) is 5.31. The number of benzene rings is 2. The fourth-order valence-corrected chi connectivity index (χ4v) is 3.52. The predicted molar refractivity (Wildman–Crippen MR) is 98.9 cm³/mol. The topological polar surface area (TPSA) is 0 Å². The highest BCUT2D eigenvalue weighted by molar-refractivity contribution is 5.53. The van der Waals surface area contributed by atoms with Crippen LogP contribution in [0.25, 0.3) is 0 Å². The number of aryl methyl sites for hydroxylation is 1. The second kappa shape index (κ2) is 5.57. The van der Waals surface area contributed by atoms with E-state index in [1.54, 1.807) is 0 Å². The molecule has 0 spiro atoms. The molecule has 0 aromatic heterocycles. The summed E-state index contributed by atoms with van der Waals surface area (Å²) in [5.74, 6) is 6.70. The van der Waals surface area contributed by atoms with Crippen molar-refractivity contribution in [1.29, 1.82) is 0 Å². The quantitative estimate of drug-likeness (QED) is 0.544. The van der Waals surface area contributed by atoms with Gasteiger partial charge in [0.15, 0.2) is 0 Å². The normalized spacial score (nSPS) is 17.8. The average Bonchev–Trinajstić information content (AvgIpc) is 2.51. The summed E-state index contributed by atoms with van der Waals surface area (Å²) in [6.45, 7) is 11.7. The SMILES string of the molecule is Cc1cc2c(cc1C#Cc1ccccc1)C(C)(C)CCC2(C)C. The van der Waals surface area contributed by atoms with Crippen LogP contribution in [-0.4, -0.2) is 0 Å². The molecule has 0 unspecified atom stereocenters. The van der Waals surface area contributed by atoms with Gasteiger partial charge in [-0.3, -0.25) is 0 Å². The van der Waals surface area contributed by atoms with Crippen molar-refractivity contribution in [3.63, 3.8) is 0 Å². The van der Waals surface area contributed by atoms with Crippen molar-refractivity contribution in [3.05, 3.63) is 70.3 Å². The molecule has 0 heterocycles. The Morgan fingerprint density at radius 1 is 0.783 bits per heavy atom. The molecule has 2 aromatic carbocycles. The van der Waals surface area contributed by atoms with E-state index in [1.807, 2.05) is 18.2 Å². The van der Waals surface area contributed by atoms with Gasteiger partial charge in [-0.15, -0.1) is 0 Å². The van der Waals surface area contributed by atoms with E-state index in [2.05, 4.69) is 70.7 Å². The molecule has 0 radical (unpaired) electrons. The first-order valence-corrected chi connectivity index (χ1v) is 8.52. The van der Waals surface area contributed by atoms with E-state index in [4.69, 9.17) is 0 Å². The lowest BCUT2D eigenvalue weighted by Gasteiger charge is -2.42. The average molecular weight is 302 g/mol. The Morgan fingerprint density at radius 2 is 1.35 bits per heavy atom. The minimum absolute atomic E-state index is 0.238. The first-order valence-electron chi connectivity index (χ1n) is 8.52. The Morgan fingerprint density at radius 3 is 1.96 bits per heavy atom. The van der Waals surface area contributed by atoms with E-state index >= 15 is 0 Å². The lowest BCUT2D eigenvalue weighted by atomic mass is 9.62. The first kappa shape index (κ1) is 15.9. The molecular weight excluding hydrogens is 276 g/mol. The minimum atomic E-state index is 0.238. The van der Waals surface area contributed by atoms with E-state index in [9.17, 15) is 0 Å². The molecule has 0 fully saturated rings. The molecule has 0 amide bonds. The van der Waals surface area contributed by atoms with Gasteiger partial charge < -0.3 is 0 Å². The fraction of sp³-hybridized carbons (Fsp3) is 0.391. The molecule has 0 N–H and O–H groups in total. The summed E-state index contributed by atoms with van der Waals surface area (Å²) in [7, 11) is 0. The van der Waals surface area contributed by atoms with Crippen molar-refractivity contribution < 1.29 is 0 Å². The summed E-state index contributed by atoms with van der Waals surface area (Å²) in [4.78, 5) is 0. The molecule has 0 bridgehead atoms. The van der Waals surface area contributed by atoms with Crippen molar-refractivity contribution in [3.8, 4) is 11.8 Å². The highest BCUT2D eigenvalue weighted by atomic mass is 14.4. The van der Waals surface area contributed by atoms with Crippen LogP contribution < -0.4 is 0 Å². The van der Waals surface area contributed by atoms with Gasteiger partial charge in [-0.05, 0) is 65.5 Å². The van der Waals surface area contributed by atoms with Gasteiger partial charge in [-0.1, -0.05) is 63.8 Å². The number of hydrogen-bond donors (Lipinski definition) is 0. The monoisotopic (exact) mass is 302 g/mol. The van der Waals surface area contributed by atoms with Crippen LogP contribution in [0.15, 0.2) is 42.5 Å². The van der Waals surface area contributed by atoms with Crippen LogP contribution in [0.4, 0.5) is 0 Å². The Labute approximate surface area is 140 Å². The van der Waals surface area contributed by atoms with Crippen molar-refractivity contribution >= 4 is 0 Å². The predicted octanol–water partition coefficient (Wildman–Crippen LogP) is 5.74. The van der Waals surface area contributed by atoms with Crippen LogP contribution in [0.2, 0.25) is 0 Å². The first-order chi connectivity index (χ1) is 10.8. The summed E-state index contributed by atoms with van der Waals surface area (Å²) in [5, 5.41) is 0. The van der Waals surface area contributed by atoms with E-state index < -0.39 is 0 Å². The van der Waals surface area contributed by atoms with Gasteiger partial charge in [0.25, 0.3) is 0 Å². The number of hydrogen-bond acceptors (Lipinski definition) is 0. The molecular formula is C23H26. The Hall–Kier alpha value is -2.00. The van der Waals surface area contributed by atoms with Gasteiger partial charge in [-0.25, -0.2) is 0 Å². The van der Waals surface area contributed by atoms with Crippen LogP contribution in [0.3, 0.4) is 0 Å². The standard InChI is InChI=1S/C23H26/c1-17-15-20-21(23(4,5)14-13-22(20,2)3)16-19(17)12-11-18-9-7-6-8-10-18/h6-10,15-16H,13-14H2,1-5H3.